The predicted molar refractivity (Wildman–Crippen MR) is 179 cm³/mol. The monoisotopic (exact) mass is 657 g/mol. The van der Waals surface area contributed by atoms with E-state index in [0.717, 1.165) is 5.39 Å². The summed E-state index contributed by atoms with van der Waals surface area (Å²) in [6.07, 6.45) is -0.709. The Hall–Kier alpha value is -5.12. The Labute approximate surface area is 272 Å². The fourth-order valence-electron chi connectivity index (χ4n) is 4.93. The molecule has 4 rings (SSSR count). The van der Waals surface area contributed by atoms with E-state index in [1.165, 1.54) is 0 Å². The summed E-state index contributed by atoms with van der Waals surface area (Å²) in [5.41, 5.74) is 0.406. The molecule has 0 aromatic heterocycles. The summed E-state index contributed by atoms with van der Waals surface area (Å²) in [7, 11) is -3.78. The van der Waals surface area contributed by atoms with E-state index in [1.54, 1.807) is 98.8 Å². The van der Waals surface area contributed by atoms with Crippen LogP contribution in [0.1, 0.15) is 26.7 Å². The number of nitrogens with one attached hydrogen (secondary N) is 3. The quantitative estimate of drug-likeness (QED) is 0.117. The van der Waals surface area contributed by atoms with Crippen LogP contribution < -0.4 is 26.6 Å². The molecule has 11 nitrogen and oxygen atoms in total. The molecule has 0 aliphatic heterocycles. The van der Waals surface area contributed by atoms with E-state index >= 15 is 0 Å². The van der Waals surface area contributed by atoms with Crippen LogP contribution >= 0.6 is 7.37 Å². The van der Waals surface area contributed by atoms with Crippen molar-refractivity contribution in [3.8, 4) is 0 Å². The molecule has 0 spiro atoms. The number of rotatable bonds is 14. The molecule has 0 unspecified atom stereocenters. The molecule has 0 radical (unpaired) electrons. The van der Waals surface area contributed by atoms with E-state index in [4.69, 9.17) is 4.52 Å². The van der Waals surface area contributed by atoms with Gasteiger partial charge in [-0.25, -0.2) is 0 Å². The minimum Gasteiger partial charge on any atom is -0.481 e. The van der Waals surface area contributed by atoms with Gasteiger partial charge in [-0.15, -0.1) is 0 Å². The maximum Gasteiger partial charge on any atom is 0.313 e. The number of carboxylic acids is 1. The van der Waals surface area contributed by atoms with Crippen LogP contribution in [0.25, 0.3) is 10.8 Å². The first-order valence-electron chi connectivity index (χ1n) is 15.0. The Morgan fingerprint density at radius 2 is 1.30 bits per heavy atom. The molecule has 0 saturated heterocycles. The highest BCUT2D eigenvalue weighted by Crippen LogP contribution is 2.44. The molecule has 0 aliphatic carbocycles. The number of carbonyl (C=O) groups is 5. The van der Waals surface area contributed by atoms with E-state index in [-0.39, 0.29) is 12.3 Å². The van der Waals surface area contributed by atoms with Gasteiger partial charge in [-0.2, -0.15) is 0 Å². The molecule has 47 heavy (non-hydrogen) atoms. The Morgan fingerprint density at radius 3 is 1.89 bits per heavy atom. The molecule has 0 fully saturated rings. The van der Waals surface area contributed by atoms with Gasteiger partial charge in [0.25, 0.3) is 7.37 Å². The number of hydrogen-bond donors (Lipinski definition) is 4. The zero-order chi connectivity index (χ0) is 34.0. The summed E-state index contributed by atoms with van der Waals surface area (Å²) in [6, 6.07) is 26.3. The van der Waals surface area contributed by atoms with Gasteiger partial charge in [-0.3, -0.25) is 28.5 Å². The van der Waals surface area contributed by atoms with Gasteiger partial charge < -0.3 is 25.6 Å². The number of carbonyl (C=O) groups excluding carboxylic acids is 4. The fourth-order valence-corrected chi connectivity index (χ4v) is 6.97. The van der Waals surface area contributed by atoms with Crippen molar-refractivity contribution in [3.05, 3.63) is 103 Å². The van der Waals surface area contributed by atoms with Crippen molar-refractivity contribution in [1.29, 1.82) is 0 Å². The summed E-state index contributed by atoms with van der Waals surface area (Å²) in [5, 5.41) is 19.1. The number of amides is 3. The Balaban J connectivity index is 1.48. The third-order valence-corrected chi connectivity index (χ3v) is 9.69. The number of anilines is 1. The maximum absolute atomic E-state index is 14.1. The molecule has 12 heteroatoms. The first-order chi connectivity index (χ1) is 22.5. The van der Waals surface area contributed by atoms with Crippen LogP contribution in [0.2, 0.25) is 0 Å². The molecule has 3 amide bonds. The Morgan fingerprint density at radius 1 is 0.723 bits per heavy atom. The zero-order valence-corrected chi connectivity index (χ0v) is 26.8. The lowest BCUT2D eigenvalue weighted by atomic mass is 10.0. The third kappa shape index (κ3) is 9.22. The molecule has 4 aromatic carbocycles. The van der Waals surface area contributed by atoms with Crippen LogP contribution in [0.4, 0.5) is 5.69 Å². The molecule has 4 aromatic rings. The highest BCUT2D eigenvalue weighted by Gasteiger charge is 2.34. The Bertz CT molecular complexity index is 1750. The summed E-state index contributed by atoms with van der Waals surface area (Å²) in [6.45, 7) is 2.82. The van der Waals surface area contributed by atoms with Crippen LogP contribution in [0.3, 0.4) is 0 Å². The molecule has 0 saturated carbocycles. The fraction of sp³-hybridized carbons (Fsp3) is 0.229. The van der Waals surface area contributed by atoms with Crippen molar-refractivity contribution in [3.63, 3.8) is 0 Å². The molecule has 244 valence electrons. The largest absolute Gasteiger partial charge is 0.481 e. The van der Waals surface area contributed by atoms with Crippen molar-refractivity contribution < 1.29 is 38.2 Å². The topological polar surface area (TPSA) is 168 Å². The van der Waals surface area contributed by atoms with Gasteiger partial charge in [0.05, 0.1) is 6.42 Å². The number of carboxylic acid groups (broad SMARTS) is 1. The predicted octanol–water partition coefficient (Wildman–Crippen LogP) is 3.78. The highest BCUT2D eigenvalue weighted by atomic mass is 31.2. The SMILES string of the molecule is CC(C)C[C@H](NC(=O)C(=O)Nc1cccc2ccccc12)C(=O)N[C@@H](CC(=O)O)C(=O)COP(=O)(c1ccccc1)c1ccccc1. The van der Waals surface area contributed by atoms with Crippen LogP contribution in [-0.4, -0.2) is 53.3 Å². The summed E-state index contributed by atoms with van der Waals surface area (Å²) in [4.78, 5) is 64.2. The summed E-state index contributed by atoms with van der Waals surface area (Å²) in [5.74, 6) is -5.31. The molecular formula is C35H36N3O8P. The van der Waals surface area contributed by atoms with Gasteiger partial charge in [0.1, 0.15) is 18.7 Å². The minimum absolute atomic E-state index is 0.0841. The molecule has 4 N–H and O–H groups in total. The van der Waals surface area contributed by atoms with E-state index in [9.17, 15) is 33.6 Å². The molecular weight excluding hydrogens is 621 g/mol. The second kappa shape index (κ2) is 15.9. The second-order valence-electron chi connectivity index (χ2n) is 11.3. The van der Waals surface area contributed by atoms with E-state index in [1.807, 2.05) is 18.2 Å². The van der Waals surface area contributed by atoms with Gasteiger partial charge in [-0.05, 0) is 48.1 Å². The average molecular weight is 658 g/mol. The van der Waals surface area contributed by atoms with Crippen LogP contribution in [0.5, 0.6) is 0 Å². The number of aliphatic carboxylic acids is 1. The number of Topliss-reactive ketones (excluding diaryl/α,β-unsaturated/α-hetero) is 1. The van der Waals surface area contributed by atoms with Crippen LogP contribution in [-0.2, 0) is 33.1 Å². The van der Waals surface area contributed by atoms with Gasteiger partial charge in [0.15, 0.2) is 5.78 Å². The van der Waals surface area contributed by atoms with Crippen molar-refractivity contribution in [1.82, 2.24) is 10.6 Å². The van der Waals surface area contributed by atoms with Crippen molar-refractivity contribution in [2.75, 3.05) is 11.9 Å². The number of benzene rings is 4. The first-order valence-corrected chi connectivity index (χ1v) is 16.6. The smallest absolute Gasteiger partial charge is 0.313 e. The number of ketones is 1. The number of hydrogen-bond acceptors (Lipinski definition) is 7. The van der Waals surface area contributed by atoms with Crippen LogP contribution in [0, 0.1) is 5.92 Å². The van der Waals surface area contributed by atoms with Crippen molar-refractivity contribution >= 4 is 63.9 Å². The van der Waals surface area contributed by atoms with E-state index in [0.29, 0.717) is 21.7 Å². The van der Waals surface area contributed by atoms with Gasteiger partial charge in [-0.1, -0.05) is 86.6 Å². The highest BCUT2D eigenvalue weighted by molar-refractivity contribution is 7.74. The van der Waals surface area contributed by atoms with E-state index in [2.05, 4.69) is 16.0 Å². The van der Waals surface area contributed by atoms with Gasteiger partial charge >= 0.3 is 17.8 Å². The minimum atomic E-state index is -3.78. The summed E-state index contributed by atoms with van der Waals surface area (Å²) < 4.78 is 19.9. The van der Waals surface area contributed by atoms with Crippen molar-refractivity contribution in [2.24, 2.45) is 5.92 Å². The average Bonchev–Trinajstić information content (AvgIpc) is 3.06. The van der Waals surface area contributed by atoms with Gasteiger partial charge in [0, 0.05) is 21.7 Å². The standard InChI is InChI=1S/C35H36N3O8P/c1-23(2)20-30(38-35(44)34(43)36-28-19-11-13-24-12-9-10-18-27(24)28)33(42)37-29(21-32(40)41)31(39)22-46-47(45,25-14-5-3-6-15-25)26-16-7-4-8-17-26/h3-19,23,29-30H,20-22H2,1-2H3,(H,36,43)(H,37,42)(H,38,44)(H,40,41)/t29-,30-/m0/s1. The van der Waals surface area contributed by atoms with Crippen LogP contribution in [0.15, 0.2) is 103 Å². The lowest BCUT2D eigenvalue weighted by molar-refractivity contribution is -0.141. The van der Waals surface area contributed by atoms with E-state index < -0.39 is 62.0 Å². The maximum atomic E-state index is 14.1. The molecule has 0 aliphatic rings. The molecule has 0 heterocycles. The Kier molecular flexibility index (Phi) is 11.8. The second-order valence-corrected chi connectivity index (χ2v) is 13.7. The normalized spacial score (nSPS) is 12.6. The third-order valence-electron chi connectivity index (χ3n) is 7.24. The van der Waals surface area contributed by atoms with Gasteiger partial charge in [0.2, 0.25) is 5.91 Å². The molecule has 0 bridgehead atoms. The zero-order valence-electron chi connectivity index (χ0n) is 25.9. The lowest BCUT2D eigenvalue weighted by Gasteiger charge is -2.24. The number of fused-ring (bicyclic) bond motifs is 1. The molecule has 2 atom stereocenters. The lowest BCUT2D eigenvalue weighted by Crippen LogP contribution is -2.54. The van der Waals surface area contributed by atoms with Crippen molar-refractivity contribution in [2.45, 2.75) is 38.8 Å². The summed E-state index contributed by atoms with van der Waals surface area (Å²) >= 11 is 0. The first kappa shape index (κ1) is 34.7.